The molecule has 0 radical (unpaired) electrons. The molecule has 0 aliphatic rings. The number of amides is 1. The highest BCUT2D eigenvalue weighted by molar-refractivity contribution is 7.99. The zero-order valence-electron chi connectivity index (χ0n) is 14.3. The first-order chi connectivity index (χ1) is 12.7. The van der Waals surface area contributed by atoms with Crippen molar-refractivity contribution in [3.8, 4) is 0 Å². The molecule has 0 atom stereocenters. The van der Waals surface area contributed by atoms with E-state index in [1.165, 1.54) is 0 Å². The number of aromatic nitrogens is 2. The van der Waals surface area contributed by atoms with Crippen molar-refractivity contribution in [2.24, 2.45) is 0 Å². The lowest BCUT2D eigenvalue weighted by molar-refractivity contribution is -0.118. The molecule has 0 aliphatic carbocycles. The molecule has 0 fully saturated rings. The zero-order chi connectivity index (χ0) is 18.2. The normalized spacial score (nSPS) is 10.7. The SMILES string of the molecule is O=C(CSCc1cccc(Cl)c1)NCc1ccccc1Cn1cccn1. The lowest BCUT2D eigenvalue weighted by Crippen LogP contribution is -2.25. The van der Waals surface area contributed by atoms with Crippen LogP contribution in [0.1, 0.15) is 16.7 Å². The highest BCUT2D eigenvalue weighted by atomic mass is 35.5. The van der Waals surface area contributed by atoms with Gasteiger partial charge in [0.05, 0.1) is 12.3 Å². The second-order valence-corrected chi connectivity index (χ2v) is 7.29. The van der Waals surface area contributed by atoms with Crippen molar-refractivity contribution in [3.63, 3.8) is 0 Å². The number of rotatable bonds is 8. The van der Waals surface area contributed by atoms with Gasteiger partial charge in [-0.2, -0.15) is 5.10 Å². The number of nitrogens with zero attached hydrogens (tertiary/aromatic N) is 2. The molecule has 0 bridgehead atoms. The van der Waals surface area contributed by atoms with Gasteiger partial charge in [-0.3, -0.25) is 9.48 Å². The van der Waals surface area contributed by atoms with E-state index in [4.69, 9.17) is 11.6 Å². The second kappa shape index (κ2) is 9.46. The Kier molecular flexibility index (Phi) is 6.75. The van der Waals surface area contributed by atoms with E-state index in [1.807, 2.05) is 59.4 Å². The second-order valence-electron chi connectivity index (χ2n) is 5.87. The Hall–Kier alpha value is -2.24. The van der Waals surface area contributed by atoms with Crippen LogP contribution in [0.2, 0.25) is 5.02 Å². The third-order valence-electron chi connectivity index (χ3n) is 3.88. The first-order valence-electron chi connectivity index (χ1n) is 8.34. The van der Waals surface area contributed by atoms with E-state index < -0.39 is 0 Å². The fourth-order valence-corrected chi connectivity index (χ4v) is 3.60. The molecule has 3 rings (SSSR count). The fraction of sp³-hybridized carbons (Fsp3) is 0.200. The number of hydrogen-bond acceptors (Lipinski definition) is 3. The third kappa shape index (κ3) is 5.64. The summed E-state index contributed by atoms with van der Waals surface area (Å²) in [4.78, 5) is 12.1. The minimum absolute atomic E-state index is 0.0333. The van der Waals surface area contributed by atoms with E-state index in [-0.39, 0.29) is 5.91 Å². The van der Waals surface area contributed by atoms with E-state index in [0.717, 1.165) is 27.5 Å². The standard InChI is InChI=1S/C20H20ClN3OS/c21-19-8-3-5-16(11-19)14-26-15-20(25)22-12-17-6-1-2-7-18(17)13-24-10-4-9-23-24/h1-11H,12-15H2,(H,22,25). The van der Waals surface area contributed by atoms with Gasteiger partial charge in [0.15, 0.2) is 0 Å². The first-order valence-corrected chi connectivity index (χ1v) is 9.87. The topological polar surface area (TPSA) is 46.9 Å². The minimum atomic E-state index is 0.0333. The summed E-state index contributed by atoms with van der Waals surface area (Å²) in [6.07, 6.45) is 3.70. The lowest BCUT2D eigenvalue weighted by atomic mass is 10.1. The van der Waals surface area contributed by atoms with Gasteiger partial charge in [0.1, 0.15) is 0 Å². The lowest BCUT2D eigenvalue weighted by Gasteiger charge is -2.11. The van der Waals surface area contributed by atoms with E-state index in [1.54, 1.807) is 18.0 Å². The molecule has 0 spiro atoms. The van der Waals surface area contributed by atoms with Crippen molar-refractivity contribution in [1.82, 2.24) is 15.1 Å². The van der Waals surface area contributed by atoms with Crippen LogP contribution in [0.5, 0.6) is 0 Å². The van der Waals surface area contributed by atoms with Crippen LogP contribution in [0, 0.1) is 0 Å². The summed E-state index contributed by atoms with van der Waals surface area (Å²) in [6.45, 7) is 1.22. The van der Waals surface area contributed by atoms with Gasteiger partial charge in [0.25, 0.3) is 0 Å². The van der Waals surface area contributed by atoms with E-state index in [0.29, 0.717) is 18.8 Å². The Bertz CT molecular complexity index is 852. The molecule has 0 saturated carbocycles. The molecule has 134 valence electrons. The molecule has 26 heavy (non-hydrogen) atoms. The molecule has 1 amide bonds. The van der Waals surface area contributed by atoms with Gasteiger partial charge in [0, 0.05) is 29.7 Å². The molecular weight excluding hydrogens is 366 g/mol. The van der Waals surface area contributed by atoms with Gasteiger partial charge in [-0.25, -0.2) is 0 Å². The highest BCUT2D eigenvalue weighted by Crippen LogP contribution is 2.16. The molecule has 0 aliphatic heterocycles. The Labute approximate surface area is 162 Å². The van der Waals surface area contributed by atoms with E-state index >= 15 is 0 Å². The number of carbonyl (C=O) groups is 1. The molecule has 1 N–H and O–H groups in total. The van der Waals surface area contributed by atoms with Gasteiger partial charge < -0.3 is 5.32 Å². The number of benzene rings is 2. The van der Waals surface area contributed by atoms with Crippen LogP contribution in [-0.4, -0.2) is 21.4 Å². The predicted octanol–water partition coefficient (Wildman–Crippen LogP) is 4.13. The van der Waals surface area contributed by atoms with Crippen LogP contribution in [0.4, 0.5) is 0 Å². The van der Waals surface area contributed by atoms with Crippen molar-refractivity contribution in [2.75, 3.05) is 5.75 Å². The smallest absolute Gasteiger partial charge is 0.230 e. The molecule has 6 heteroatoms. The summed E-state index contributed by atoms with van der Waals surface area (Å²) >= 11 is 7.56. The van der Waals surface area contributed by atoms with E-state index in [2.05, 4.69) is 16.5 Å². The summed E-state index contributed by atoms with van der Waals surface area (Å²) in [7, 11) is 0. The summed E-state index contributed by atoms with van der Waals surface area (Å²) in [6, 6.07) is 17.7. The van der Waals surface area contributed by atoms with Crippen molar-refractivity contribution in [1.29, 1.82) is 0 Å². The first kappa shape index (κ1) is 18.5. The van der Waals surface area contributed by atoms with Crippen LogP contribution in [-0.2, 0) is 23.6 Å². The van der Waals surface area contributed by atoms with Crippen molar-refractivity contribution in [3.05, 3.63) is 88.7 Å². The monoisotopic (exact) mass is 385 g/mol. The Morgan fingerprint density at radius 2 is 1.96 bits per heavy atom. The predicted molar refractivity (Wildman–Crippen MR) is 107 cm³/mol. The van der Waals surface area contributed by atoms with Gasteiger partial charge in [-0.05, 0) is 34.9 Å². The van der Waals surface area contributed by atoms with Crippen molar-refractivity contribution in [2.45, 2.75) is 18.8 Å². The number of carbonyl (C=O) groups excluding carboxylic acids is 1. The summed E-state index contributed by atoms with van der Waals surface area (Å²) in [5, 5.41) is 7.96. The van der Waals surface area contributed by atoms with Crippen molar-refractivity contribution < 1.29 is 4.79 Å². The van der Waals surface area contributed by atoms with Crippen LogP contribution in [0.25, 0.3) is 0 Å². The number of nitrogens with one attached hydrogen (secondary N) is 1. The molecule has 3 aromatic rings. The molecule has 1 aromatic heterocycles. The maximum atomic E-state index is 12.1. The van der Waals surface area contributed by atoms with E-state index in [9.17, 15) is 4.79 Å². The number of thioether (sulfide) groups is 1. The van der Waals surface area contributed by atoms with Gasteiger partial charge in [0.2, 0.25) is 5.91 Å². The Morgan fingerprint density at radius 3 is 2.73 bits per heavy atom. The quantitative estimate of drug-likeness (QED) is 0.634. The van der Waals surface area contributed by atoms with Gasteiger partial charge in [-0.1, -0.05) is 48.0 Å². The number of halogens is 1. The average Bonchev–Trinajstić information content (AvgIpc) is 3.14. The maximum Gasteiger partial charge on any atom is 0.230 e. The minimum Gasteiger partial charge on any atom is -0.351 e. The van der Waals surface area contributed by atoms with Crippen LogP contribution >= 0.6 is 23.4 Å². The van der Waals surface area contributed by atoms with Gasteiger partial charge in [-0.15, -0.1) is 11.8 Å². The van der Waals surface area contributed by atoms with Crippen LogP contribution < -0.4 is 5.32 Å². The third-order valence-corrected chi connectivity index (χ3v) is 5.12. The Morgan fingerprint density at radius 1 is 1.12 bits per heavy atom. The molecular formula is C20H20ClN3OS. The molecule has 0 unspecified atom stereocenters. The average molecular weight is 386 g/mol. The Balaban J connectivity index is 1.47. The fourth-order valence-electron chi connectivity index (χ4n) is 2.59. The van der Waals surface area contributed by atoms with Crippen molar-refractivity contribution >= 4 is 29.3 Å². The zero-order valence-corrected chi connectivity index (χ0v) is 15.8. The summed E-state index contributed by atoms with van der Waals surface area (Å²) in [5.41, 5.74) is 3.39. The van der Waals surface area contributed by atoms with Gasteiger partial charge >= 0.3 is 0 Å². The van der Waals surface area contributed by atoms with Crippen LogP contribution in [0.15, 0.2) is 67.0 Å². The number of hydrogen-bond donors (Lipinski definition) is 1. The summed E-state index contributed by atoms with van der Waals surface area (Å²) < 4.78 is 1.88. The molecule has 1 heterocycles. The summed E-state index contributed by atoms with van der Waals surface area (Å²) in [5.74, 6) is 1.23. The molecule has 4 nitrogen and oxygen atoms in total. The van der Waals surface area contributed by atoms with Crippen LogP contribution in [0.3, 0.4) is 0 Å². The molecule has 2 aromatic carbocycles. The molecule has 0 saturated heterocycles. The maximum absolute atomic E-state index is 12.1. The highest BCUT2D eigenvalue weighted by Gasteiger charge is 2.06. The largest absolute Gasteiger partial charge is 0.351 e.